The van der Waals surface area contributed by atoms with Crippen molar-refractivity contribution in [2.75, 3.05) is 12.8 Å². The number of phenols is 1. The van der Waals surface area contributed by atoms with Crippen LogP contribution in [0.2, 0.25) is 0 Å². The Kier molecular flexibility index (Phi) is 6.15. The van der Waals surface area contributed by atoms with Gasteiger partial charge in [0.25, 0.3) is 11.4 Å². The maximum atomic E-state index is 10.4. The van der Waals surface area contributed by atoms with E-state index >= 15 is 0 Å². The number of phenolic OH excluding ortho intramolecular Hbond substituents is 1. The smallest absolute Gasteiger partial charge is 0.324 e. The predicted octanol–water partition coefficient (Wildman–Crippen LogP) is 2.39. The molecule has 0 aromatic heterocycles. The Morgan fingerprint density at radius 3 is 1.80 bits per heavy atom. The number of hydrogen-bond donors (Lipinski definition) is 2. The third-order valence-corrected chi connectivity index (χ3v) is 2.75. The van der Waals surface area contributed by atoms with E-state index in [4.69, 9.17) is 15.6 Å². The molecule has 12 heteroatoms. The Labute approximate surface area is 139 Å². The summed E-state index contributed by atoms with van der Waals surface area (Å²) in [7, 11) is 1.62. The van der Waals surface area contributed by atoms with E-state index in [1.165, 1.54) is 0 Å². The molecule has 0 aliphatic rings. The monoisotopic (exact) mass is 352 g/mol. The molecule has 25 heavy (non-hydrogen) atoms. The molecule has 0 saturated carbocycles. The number of methoxy groups -OCH3 is 1. The number of nitro benzene ring substituents is 3. The summed E-state index contributed by atoms with van der Waals surface area (Å²) in [5.74, 6) is -0.407. The van der Waals surface area contributed by atoms with Crippen molar-refractivity contribution < 1.29 is 24.6 Å². The zero-order valence-electron chi connectivity index (χ0n) is 12.7. The van der Waals surface area contributed by atoms with Crippen molar-refractivity contribution in [1.82, 2.24) is 0 Å². The number of anilines is 1. The quantitative estimate of drug-likeness (QED) is 0.473. The van der Waals surface area contributed by atoms with Gasteiger partial charge in [-0.3, -0.25) is 30.3 Å². The SMILES string of the molecule is COc1cccc(N)c1.O=[N+]([O-])c1cc([N+](=O)[O-])c(O)c([N+](=O)[O-])c1. The topological polar surface area (TPSA) is 185 Å². The van der Waals surface area contributed by atoms with Crippen LogP contribution in [0, 0.1) is 30.3 Å². The molecule has 2 aromatic rings. The van der Waals surface area contributed by atoms with Crippen LogP contribution in [0.25, 0.3) is 0 Å². The largest absolute Gasteiger partial charge is 0.497 e. The minimum Gasteiger partial charge on any atom is -0.497 e. The summed E-state index contributed by atoms with van der Waals surface area (Å²) >= 11 is 0. The fourth-order valence-electron chi connectivity index (χ4n) is 1.62. The van der Waals surface area contributed by atoms with Gasteiger partial charge in [0, 0.05) is 11.8 Å². The van der Waals surface area contributed by atoms with E-state index in [1.807, 2.05) is 18.2 Å². The molecule has 0 unspecified atom stereocenters. The number of benzene rings is 2. The average Bonchev–Trinajstić information content (AvgIpc) is 2.54. The van der Waals surface area contributed by atoms with Gasteiger partial charge in [-0.05, 0) is 12.1 Å². The maximum Gasteiger partial charge on any atom is 0.324 e. The number of non-ortho nitro benzene ring substituents is 1. The summed E-state index contributed by atoms with van der Waals surface area (Å²) in [6, 6.07) is 8.21. The molecule has 12 nitrogen and oxygen atoms in total. The standard InChI is InChI=1S/C7H9NO.C6H3N3O7/c1-9-7-4-2-3-6(8)5-7;10-6-4(8(13)14)1-3(7(11)12)2-5(6)9(15)16/h2-5H,8H2,1H3;1-2,10H. The summed E-state index contributed by atoms with van der Waals surface area (Å²) in [5, 5.41) is 40.2. The van der Waals surface area contributed by atoms with Crippen LogP contribution in [0.3, 0.4) is 0 Å². The second kappa shape index (κ2) is 8.05. The lowest BCUT2D eigenvalue weighted by Crippen LogP contribution is -1.97. The molecule has 3 N–H and O–H groups in total. The normalized spacial score (nSPS) is 9.48. The third-order valence-electron chi connectivity index (χ3n) is 2.75. The predicted molar refractivity (Wildman–Crippen MR) is 85.5 cm³/mol. The Morgan fingerprint density at radius 1 is 0.960 bits per heavy atom. The molecule has 2 aromatic carbocycles. The Balaban J connectivity index is 0.000000293. The molecule has 2 rings (SSSR count). The van der Waals surface area contributed by atoms with Crippen molar-refractivity contribution in [3.05, 3.63) is 66.7 Å². The number of nitrogen functional groups attached to an aromatic ring is 1. The lowest BCUT2D eigenvalue weighted by Gasteiger charge is -1.97. The van der Waals surface area contributed by atoms with Crippen LogP contribution in [0.1, 0.15) is 0 Å². The first-order chi connectivity index (χ1) is 11.7. The molecule has 132 valence electrons. The molecular formula is C13H12N4O8. The summed E-state index contributed by atoms with van der Waals surface area (Å²) in [4.78, 5) is 27.8. The number of ether oxygens (including phenoxy) is 1. The van der Waals surface area contributed by atoms with Crippen molar-refractivity contribution in [1.29, 1.82) is 0 Å². The van der Waals surface area contributed by atoms with Gasteiger partial charge in [-0.25, -0.2) is 0 Å². The summed E-state index contributed by atoms with van der Waals surface area (Å²) in [5.41, 5.74) is 3.18. The number of nitrogens with two attached hydrogens (primary N) is 1. The lowest BCUT2D eigenvalue weighted by atomic mass is 10.2. The van der Waals surface area contributed by atoms with E-state index in [1.54, 1.807) is 13.2 Å². The lowest BCUT2D eigenvalue weighted by molar-refractivity contribution is -0.404. The van der Waals surface area contributed by atoms with Gasteiger partial charge in [0.05, 0.1) is 34.0 Å². The summed E-state index contributed by atoms with van der Waals surface area (Å²) < 4.78 is 4.92. The highest BCUT2D eigenvalue weighted by atomic mass is 16.6. The number of nitrogens with zero attached hydrogens (tertiary/aromatic N) is 3. The minimum absolute atomic E-state index is 0.447. The first kappa shape index (κ1) is 19.1. The highest BCUT2D eigenvalue weighted by molar-refractivity contribution is 5.64. The molecule has 0 aliphatic carbocycles. The van der Waals surface area contributed by atoms with Crippen LogP contribution in [-0.2, 0) is 0 Å². The zero-order chi connectivity index (χ0) is 19.1. The molecule has 0 heterocycles. The number of nitro groups is 3. The minimum atomic E-state index is -1.21. The van der Waals surface area contributed by atoms with E-state index in [0.717, 1.165) is 11.4 Å². The molecule has 0 aliphatic heterocycles. The molecule has 0 fully saturated rings. The summed E-state index contributed by atoms with van der Waals surface area (Å²) in [6.07, 6.45) is 0. The average molecular weight is 352 g/mol. The molecule has 0 radical (unpaired) electrons. The fraction of sp³-hybridized carbons (Fsp3) is 0.0769. The van der Waals surface area contributed by atoms with Crippen molar-refractivity contribution in [3.63, 3.8) is 0 Å². The van der Waals surface area contributed by atoms with Gasteiger partial charge in [0.15, 0.2) is 0 Å². The van der Waals surface area contributed by atoms with Crippen LogP contribution in [-0.4, -0.2) is 27.0 Å². The fourth-order valence-corrected chi connectivity index (χ4v) is 1.62. The van der Waals surface area contributed by atoms with Crippen molar-refractivity contribution >= 4 is 22.7 Å². The zero-order valence-corrected chi connectivity index (χ0v) is 12.7. The summed E-state index contributed by atoms with van der Waals surface area (Å²) in [6.45, 7) is 0. The molecular weight excluding hydrogens is 340 g/mol. The Bertz CT molecular complexity index is 788. The molecule has 0 bridgehead atoms. The second-order valence-electron chi connectivity index (χ2n) is 4.38. The van der Waals surface area contributed by atoms with Crippen LogP contribution in [0.5, 0.6) is 11.5 Å². The van der Waals surface area contributed by atoms with Crippen LogP contribution >= 0.6 is 0 Å². The number of hydrogen-bond acceptors (Lipinski definition) is 9. The van der Waals surface area contributed by atoms with Crippen molar-refractivity contribution in [2.24, 2.45) is 0 Å². The molecule has 0 atom stereocenters. The third kappa shape index (κ3) is 5.02. The number of rotatable bonds is 4. The molecule has 0 spiro atoms. The van der Waals surface area contributed by atoms with Gasteiger partial charge >= 0.3 is 11.4 Å². The van der Waals surface area contributed by atoms with Crippen LogP contribution in [0.15, 0.2) is 36.4 Å². The van der Waals surface area contributed by atoms with Crippen LogP contribution < -0.4 is 10.5 Å². The first-order valence-electron chi connectivity index (χ1n) is 6.37. The van der Waals surface area contributed by atoms with Gasteiger partial charge in [-0.2, -0.15) is 0 Å². The highest BCUT2D eigenvalue weighted by Crippen LogP contribution is 2.38. The maximum absolute atomic E-state index is 10.4. The van der Waals surface area contributed by atoms with E-state index in [9.17, 15) is 30.3 Å². The Hall–Kier alpha value is -3.96. The molecule has 0 amide bonds. The Morgan fingerprint density at radius 2 is 1.48 bits per heavy atom. The van der Waals surface area contributed by atoms with Gasteiger partial charge in [0.1, 0.15) is 5.75 Å². The highest BCUT2D eigenvalue weighted by Gasteiger charge is 2.30. The van der Waals surface area contributed by atoms with E-state index in [2.05, 4.69) is 0 Å². The first-order valence-corrected chi connectivity index (χ1v) is 6.37. The van der Waals surface area contributed by atoms with E-state index < -0.39 is 37.6 Å². The van der Waals surface area contributed by atoms with Crippen molar-refractivity contribution in [3.8, 4) is 11.5 Å². The van der Waals surface area contributed by atoms with Gasteiger partial charge in [-0.15, -0.1) is 0 Å². The van der Waals surface area contributed by atoms with E-state index in [-0.39, 0.29) is 0 Å². The van der Waals surface area contributed by atoms with Crippen LogP contribution in [0.4, 0.5) is 22.7 Å². The molecule has 0 saturated heterocycles. The van der Waals surface area contributed by atoms with Gasteiger partial charge in [0.2, 0.25) is 0 Å². The van der Waals surface area contributed by atoms with E-state index in [0.29, 0.717) is 12.1 Å². The van der Waals surface area contributed by atoms with Gasteiger partial charge < -0.3 is 15.6 Å². The van der Waals surface area contributed by atoms with Gasteiger partial charge in [-0.1, -0.05) is 6.07 Å². The number of aromatic hydroxyl groups is 1. The second-order valence-corrected chi connectivity index (χ2v) is 4.38. The van der Waals surface area contributed by atoms with Crippen molar-refractivity contribution in [2.45, 2.75) is 0 Å².